The number of fused-ring (bicyclic) bond motifs is 1. The Balaban J connectivity index is 1.87. The Morgan fingerprint density at radius 1 is 1.00 bits per heavy atom. The van der Waals surface area contributed by atoms with Gasteiger partial charge in [-0.1, -0.05) is 24.3 Å². The average molecular weight is 194 g/mol. The summed E-state index contributed by atoms with van der Waals surface area (Å²) in [5.41, 5.74) is 0. The number of hydrogen-bond acceptors (Lipinski definition) is 2. The van der Waals surface area contributed by atoms with Crippen molar-refractivity contribution in [2.45, 2.75) is 50.4 Å². The summed E-state index contributed by atoms with van der Waals surface area (Å²) in [6.07, 6.45) is 13.9. The highest BCUT2D eigenvalue weighted by Gasteiger charge is 2.42. The lowest BCUT2D eigenvalue weighted by molar-refractivity contribution is 0.127. The van der Waals surface area contributed by atoms with E-state index in [0.29, 0.717) is 0 Å². The zero-order chi connectivity index (χ0) is 9.80. The van der Waals surface area contributed by atoms with Crippen LogP contribution in [0, 0.1) is 0 Å². The van der Waals surface area contributed by atoms with E-state index in [4.69, 9.17) is 4.74 Å². The third-order valence-electron chi connectivity index (χ3n) is 2.83. The van der Waals surface area contributed by atoms with Crippen LogP contribution in [0.4, 0.5) is 0 Å². The maximum atomic E-state index is 9.72. The monoisotopic (exact) mass is 194 g/mol. The molecule has 1 aliphatic carbocycles. The summed E-state index contributed by atoms with van der Waals surface area (Å²) in [4.78, 5) is 0. The lowest BCUT2D eigenvalue weighted by Crippen LogP contribution is -2.16. The van der Waals surface area contributed by atoms with Gasteiger partial charge < -0.3 is 9.84 Å². The van der Waals surface area contributed by atoms with Gasteiger partial charge in [-0.2, -0.15) is 0 Å². The minimum atomic E-state index is -0.266. The fraction of sp³-hybridized carbons (Fsp3) is 0.667. The Morgan fingerprint density at radius 3 is 2.57 bits per heavy atom. The van der Waals surface area contributed by atoms with Gasteiger partial charge in [-0.05, 0) is 32.1 Å². The molecular weight excluding hydrogens is 176 g/mol. The zero-order valence-corrected chi connectivity index (χ0v) is 8.43. The Kier molecular flexibility index (Phi) is 3.38. The van der Waals surface area contributed by atoms with Crippen LogP contribution < -0.4 is 0 Å². The largest absolute Gasteiger partial charge is 0.390 e. The van der Waals surface area contributed by atoms with E-state index < -0.39 is 0 Å². The third-order valence-corrected chi connectivity index (χ3v) is 2.83. The molecular formula is C12H18O2. The van der Waals surface area contributed by atoms with Gasteiger partial charge in [0, 0.05) is 0 Å². The molecule has 78 valence electrons. The lowest BCUT2D eigenvalue weighted by atomic mass is 10.1. The second-order valence-electron chi connectivity index (χ2n) is 4.04. The minimum Gasteiger partial charge on any atom is -0.390 e. The minimum absolute atomic E-state index is 0.104. The van der Waals surface area contributed by atoms with Crippen LogP contribution in [0.2, 0.25) is 0 Å². The number of epoxide rings is 1. The molecule has 2 aliphatic rings. The SMILES string of the molecule is O[C@H]1CC/C=C/CC/C=C\C[C@H]2O[C@@H]12. The van der Waals surface area contributed by atoms with Crippen LogP contribution in [0.15, 0.2) is 24.3 Å². The van der Waals surface area contributed by atoms with Gasteiger partial charge in [-0.15, -0.1) is 0 Å². The van der Waals surface area contributed by atoms with Gasteiger partial charge in [-0.3, -0.25) is 0 Å². The Labute approximate surface area is 85.3 Å². The van der Waals surface area contributed by atoms with Crippen molar-refractivity contribution < 1.29 is 9.84 Å². The molecule has 1 aliphatic heterocycles. The van der Waals surface area contributed by atoms with E-state index in [0.717, 1.165) is 32.1 Å². The van der Waals surface area contributed by atoms with Crippen molar-refractivity contribution in [3.63, 3.8) is 0 Å². The number of aliphatic hydroxyl groups excluding tert-OH is 1. The van der Waals surface area contributed by atoms with Crippen molar-refractivity contribution in [3.8, 4) is 0 Å². The molecule has 3 atom stereocenters. The molecule has 0 aromatic rings. The Hall–Kier alpha value is -0.600. The Morgan fingerprint density at radius 2 is 1.71 bits per heavy atom. The molecule has 0 aromatic heterocycles. The summed E-state index contributed by atoms with van der Waals surface area (Å²) in [6, 6.07) is 0. The van der Waals surface area contributed by atoms with Gasteiger partial charge in [0.25, 0.3) is 0 Å². The van der Waals surface area contributed by atoms with E-state index in [1.165, 1.54) is 0 Å². The van der Waals surface area contributed by atoms with E-state index >= 15 is 0 Å². The number of aliphatic hydroxyl groups is 1. The quantitative estimate of drug-likeness (QED) is 0.473. The molecule has 0 unspecified atom stereocenters. The highest BCUT2D eigenvalue weighted by atomic mass is 16.6. The molecule has 0 radical (unpaired) electrons. The fourth-order valence-electron chi connectivity index (χ4n) is 1.89. The molecule has 14 heavy (non-hydrogen) atoms. The van der Waals surface area contributed by atoms with E-state index in [2.05, 4.69) is 24.3 Å². The Bertz CT molecular complexity index is 232. The molecule has 1 saturated heterocycles. The fourth-order valence-corrected chi connectivity index (χ4v) is 1.89. The van der Waals surface area contributed by atoms with E-state index in [9.17, 15) is 5.11 Å². The summed E-state index contributed by atoms with van der Waals surface area (Å²) in [5.74, 6) is 0. The average Bonchev–Trinajstić information content (AvgIpc) is 2.92. The standard InChI is InChI=1S/C12H18O2/c13-10-8-6-4-2-1-3-5-7-9-11-12(10)14-11/h2,4-5,7,10-13H,1,3,6,8-9H2/b4-2+,7-5-/t10-,11+,12-/m0/s1. The molecule has 1 heterocycles. The first-order chi connectivity index (χ1) is 6.88. The molecule has 0 spiro atoms. The number of rotatable bonds is 0. The molecule has 2 rings (SSSR count). The second-order valence-corrected chi connectivity index (χ2v) is 4.04. The third kappa shape index (κ3) is 2.69. The van der Waals surface area contributed by atoms with Crippen molar-refractivity contribution in [2.24, 2.45) is 0 Å². The topological polar surface area (TPSA) is 32.8 Å². The van der Waals surface area contributed by atoms with Gasteiger partial charge in [0.15, 0.2) is 0 Å². The highest BCUT2D eigenvalue weighted by molar-refractivity contribution is 4.99. The predicted octanol–water partition coefficient (Wildman–Crippen LogP) is 2.19. The first-order valence-electron chi connectivity index (χ1n) is 5.51. The van der Waals surface area contributed by atoms with E-state index in [-0.39, 0.29) is 18.3 Å². The van der Waals surface area contributed by atoms with E-state index in [1.54, 1.807) is 0 Å². The first-order valence-corrected chi connectivity index (χ1v) is 5.51. The number of allylic oxidation sites excluding steroid dienone is 3. The van der Waals surface area contributed by atoms with Crippen LogP contribution in [0.25, 0.3) is 0 Å². The summed E-state index contributed by atoms with van der Waals surface area (Å²) in [5, 5.41) is 9.72. The summed E-state index contributed by atoms with van der Waals surface area (Å²) >= 11 is 0. The second kappa shape index (κ2) is 4.76. The van der Waals surface area contributed by atoms with Crippen LogP contribution in [-0.2, 0) is 4.74 Å². The molecule has 2 heteroatoms. The van der Waals surface area contributed by atoms with Crippen LogP contribution in [0.3, 0.4) is 0 Å². The smallest absolute Gasteiger partial charge is 0.110 e. The van der Waals surface area contributed by atoms with Crippen molar-refractivity contribution in [1.82, 2.24) is 0 Å². The summed E-state index contributed by atoms with van der Waals surface area (Å²) in [7, 11) is 0. The molecule has 1 fully saturated rings. The van der Waals surface area contributed by atoms with Crippen LogP contribution in [0.5, 0.6) is 0 Å². The lowest BCUT2D eigenvalue weighted by Gasteiger charge is -2.04. The number of hydrogen-bond donors (Lipinski definition) is 1. The van der Waals surface area contributed by atoms with Gasteiger partial charge in [-0.25, -0.2) is 0 Å². The van der Waals surface area contributed by atoms with Gasteiger partial charge in [0.1, 0.15) is 6.10 Å². The molecule has 2 nitrogen and oxygen atoms in total. The van der Waals surface area contributed by atoms with Gasteiger partial charge >= 0.3 is 0 Å². The normalized spacial score (nSPS) is 42.8. The predicted molar refractivity (Wildman–Crippen MR) is 56.0 cm³/mol. The molecule has 1 N–H and O–H groups in total. The zero-order valence-electron chi connectivity index (χ0n) is 8.43. The van der Waals surface area contributed by atoms with Crippen molar-refractivity contribution >= 4 is 0 Å². The van der Waals surface area contributed by atoms with Crippen molar-refractivity contribution in [3.05, 3.63) is 24.3 Å². The molecule has 0 saturated carbocycles. The summed E-state index contributed by atoms with van der Waals surface area (Å²) in [6.45, 7) is 0. The molecule has 0 aromatic carbocycles. The van der Waals surface area contributed by atoms with E-state index in [1.807, 2.05) is 0 Å². The summed E-state index contributed by atoms with van der Waals surface area (Å²) < 4.78 is 5.42. The van der Waals surface area contributed by atoms with Crippen molar-refractivity contribution in [1.29, 1.82) is 0 Å². The first kappa shape index (κ1) is 9.94. The van der Waals surface area contributed by atoms with Crippen LogP contribution in [-0.4, -0.2) is 23.4 Å². The maximum Gasteiger partial charge on any atom is 0.110 e. The van der Waals surface area contributed by atoms with Crippen molar-refractivity contribution in [2.75, 3.05) is 0 Å². The van der Waals surface area contributed by atoms with Crippen LogP contribution in [0.1, 0.15) is 32.1 Å². The number of ether oxygens (including phenoxy) is 1. The molecule has 0 amide bonds. The maximum absolute atomic E-state index is 9.72. The van der Waals surface area contributed by atoms with Gasteiger partial charge in [0.2, 0.25) is 0 Å². The van der Waals surface area contributed by atoms with Crippen LogP contribution >= 0.6 is 0 Å². The van der Waals surface area contributed by atoms with Gasteiger partial charge in [0.05, 0.1) is 12.2 Å². The highest BCUT2D eigenvalue weighted by Crippen LogP contribution is 2.30. The molecule has 0 bridgehead atoms.